The number of ether oxygens (including phenoxy) is 1. The van der Waals surface area contributed by atoms with Crippen LogP contribution in [0.25, 0.3) is 0 Å². The standard InChI is InChI=1S/C14H24N2OS/c1-9-5-7-14(17-4,8-6-9)13-16-11(3)12(18-13)10(2)15/h9-10H,5-8,15H2,1-4H3. The maximum Gasteiger partial charge on any atom is 0.125 e. The van der Waals surface area contributed by atoms with Crippen LogP contribution >= 0.6 is 11.3 Å². The third kappa shape index (κ3) is 2.46. The number of aryl methyl sites for hydroxylation is 1. The van der Waals surface area contributed by atoms with Gasteiger partial charge in [0.25, 0.3) is 0 Å². The molecule has 0 bridgehead atoms. The lowest BCUT2D eigenvalue weighted by Crippen LogP contribution is -2.33. The third-order valence-corrected chi connectivity index (χ3v) is 5.65. The molecule has 0 spiro atoms. The first kappa shape index (κ1) is 14.0. The molecule has 1 aromatic heterocycles. The Balaban J connectivity index is 2.30. The van der Waals surface area contributed by atoms with Gasteiger partial charge >= 0.3 is 0 Å². The third-order valence-electron chi connectivity index (χ3n) is 4.11. The van der Waals surface area contributed by atoms with Crippen molar-refractivity contribution in [3.63, 3.8) is 0 Å². The fourth-order valence-corrected chi connectivity index (χ4v) is 4.00. The molecule has 1 aliphatic rings. The van der Waals surface area contributed by atoms with Gasteiger partial charge in [0.2, 0.25) is 0 Å². The molecular formula is C14H24N2OS. The molecule has 0 amide bonds. The lowest BCUT2D eigenvalue weighted by atomic mass is 9.80. The summed E-state index contributed by atoms with van der Waals surface area (Å²) >= 11 is 1.74. The van der Waals surface area contributed by atoms with Crippen molar-refractivity contribution >= 4 is 11.3 Å². The minimum absolute atomic E-state index is 0.0627. The average molecular weight is 268 g/mol. The second-order valence-electron chi connectivity index (χ2n) is 5.64. The molecule has 0 radical (unpaired) electrons. The lowest BCUT2D eigenvalue weighted by molar-refractivity contribution is -0.0531. The van der Waals surface area contributed by atoms with E-state index in [9.17, 15) is 0 Å². The van der Waals surface area contributed by atoms with E-state index < -0.39 is 0 Å². The molecular weight excluding hydrogens is 244 g/mol. The summed E-state index contributed by atoms with van der Waals surface area (Å²) < 4.78 is 5.87. The van der Waals surface area contributed by atoms with Crippen LogP contribution in [0.5, 0.6) is 0 Å². The molecule has 1 atom stereocenters. The maximum atomic E-state index is 5.99. The van der Waals surface area contributed by atoms with Gasteiger partial charge in [-0.2, -0.15) is 0 Å². The van der Waals surface area contributed by atoms with Crippen molar-refractivity contribution in [2.75, 3.05) is 7.11 Å². The minimum atomic E-state index is -0.158. The Bertz CT molecular complexity index is 406. The number of nitrogens with two attached hydrogens (primary N) is 1. The van der Waals surface area contributed by atoms with Crippen molar-refractivity contribution in [3.8, 4) is 0 Å². The molecule has 3 nitrogen and oxygen atoms in total. The van der Waals surface area contributed by atoms with E-state index >= 15 is 0 Å². The summed E-state index contributed by atoms with van der Waals surface area (Å²) in [5, 5.41) is 1.13. The smallest absolute Gasteiger partial charge is 0.125 e. The van der Waals surface area contributed by atoms with Gasteiger partial charge in [-0.15, -0.1) is 11.3 Å². The number of hydrogen-bond donors (Lipinski definition) is 1. The monoisotopic (exact) mass is 268 g/mol. The SMILES string of the molecule is COC1(c2nc(C)c(C(C)N)s2)CCC(C)CC1. The van der Waals surface area contributed by atoms with Gasteiger partial charge in [0.15, 0.2) is 0 Å². The number of aromatic nitrogens is 1. The topological polar surface area (TPSA) is 48.1 Å². The van der Waals surface area contributed by atoms with Crippen molar-refractivity contribution in [1.29, 1.82) is 0 Å². The lowest BCUT2D eigenvalue weighted by Gasteiger charge is -2.36. The van der Waals surface area contributed by atoms with Crippen molar-refractivity contribution in [3.05, 3.63) is 15.6 Å². The number of rotatable bonds is 3. The second kappa shape index (κ2) is 5.27. The van der Waals surface area contributed by atoms with Gasteiger partial charge in [-0.25, -0.2) is 4.98 Å². The van der Waals surface area contributed by atoms with E-state index in [1.165, 1.54) is 17.7 Å². The van der Waals surface area contributed by atoms with Crippen LogP contribution in [0.4, 0.5) is 0 Å². The van der Waals surface area contributed by atoms with Crippen LogP contribution in [0.3, 0.4) is 0 Å². The second-order valence-corrected chi connectivity index (χ2v) is 6.67. The summed E-state index contributed by atoms with van der Waals surface area (Å²) in [4.78, 5) is 5.93. The molecule has 1 heterocycles. The summed E-state index contributed by atoms with van der Waals surface area (Å²) in [6.45, 7) is 6.39. The van der Waals surface area contributed by atoms with Gasteiger partial charge in [-0.05, 0) is 45.4 Å². The Hall–Kier alpha value is -0.450. The molecule has 2 N–H and O–H groups in total. The predicted octanol–water partition coefficient (Wildman–Crippen LogP) is 3.52. The van der Waals surface area contributed by atoms with E-state index in [4.69, 9.17) is 15.5 Å². The Morgan fingerprint density at radius 1 is 1.44 bits per heavy atom. The fraction of sp³-hybridized carbons (Fsp3) is 0.786. The van der Waals surface area contributed by atoms with Crippen LogP contribution < -0.4 is 5.73 Å². The first-order valence-electron chi connectivity index (χ1n) is 6.77. The molecule has 4 heteroatoms. The summed E-state index contributed by atoms with van der Waals surface area (Å²) in [7, 11) is 1.82. The van der Waals surface area contributed by atoms with Crippen LogP contribution in [0.2, 0.25) is 0 Å². The largest absolute Gasteiger partial charge is 0.371 e. The Morgan fingerprint density at radius 3 is 2.50 bits per heavy atom. The molecule has 102 valence electrons. The molecule has 0 aliphatic heterocycles. The van der Waals surface area contributed by atoms with Gasteiger partial charge in [0.1, 0.15) is 10.6 Å². The van der Waals surface area contributed by atoms with E-state index in [0.29, 0.717) is 0 Å². The molecule has 1 fully saturated rings. The molecule has 0 aromatic carbocycles. The number of methoxy groups -OCH3 is 1. The van der Waals surface area contributed by atoms with E-state index in [1.807, 2.05) is 21.0 Å². The van der Waals surface area contributed by atoms with Crippen molar-refractivity contribution in [1.82, 2.24) is 4.98 Å². The van der Waals surface area contributed by atoms with Gasteiger partial charge in [-0.1, -0.05) is 6.92 Å². The van der Waals surface area contributed by atoms with E-state index in [1.54, 1.807) is 11.3 Å². The highest BCUT2D eigenvalue weighted by atomic mass is 32.1. The Kier molecular flexibility index (Phi) is 4.09. The summed E-state index contributed by atoms with van der Waals surface area (Å²) in [6, 6.07) is 0.0627. The van der Waals surface area contributed by atoms with Gasteiger partial charge < -0.3 is 10.5 Å². The van der Waals surface area contributed by atoms with Crippen LogP contribution in [0, 0.1) is 12.8 Å². The summed E-state index contributed by atoms with van der Waals surface area (Å²) in [5.74, 6) is 0.808. The summed E-state index contributed by atoms with van der Waals surface area (Å²) in [6.07, 6.45) is 4.60. The zero-order valence-electron chi connectivity index (χ0n) is 11.8. The van der Waals surface area contributed by atoms with E-state index in [2.05, 4.69) is 6.92 Å². The number of nitrogens with zero attached hydrogens (tertiary/aromatic N) is 1. The van der Waals surface area contributed by atoms with Crippen molar-refractivity contribution < 1.29 is 4.74 Å². The van der Waals surface area contributed by atoms with E-state index in [-0.39, 0.29) is 11.6 Å². The molecule has 2 rings (SSSR count). The summed E-state index contributed by atoms with van der Waals surface area (Å²) in [5.41, 5.74) is 6.91. The molecule has 0 saturated heterocycles. The molecule has 1 unspecified atom stereocenters. The van der Waals surface area contributed by atoms with Crippen LogP contribution in [-0.4, -0.2) is 12.1 Å². The maximum absolute atomic E-state index is 5.99. The van der Waals surface area contributed by atoms with Crippen molar-refractivity contribution in [2.45, 2.75) is 58.1 Å². The van der Waals surface area contributed by atoms with Gasteiger partial charge in [-0.3, -0.25) is 0 Å². The van der Waals surface area contributed by atoms with Gasteiger partial charge in [0.05, 0.1) is 5.69 Å². The van der Waals surface area contributed by atoms with Crippen LogP contribution in [0.15, 0.2) is 0 Å². The predicted molar refractivity (Wildman–Crippen MR) is 75.8 cm³/mol. The minimum Gasteiger partial charge on any atom is -0.371 e. The average Bonchev–Trinajstić information content (AvgIpc) is 2.73. The Morgan fingerprint density at radius 2 is 2.06 bits per heavy atom. The zero-order valence-corrected chi connectivity index (χ0v) is 12.6. The Labute approximate surface area is 114 Å². The molecule has 18 heavy (non-hydrogen) atoms. The normalized spacial score (nSPS) is 30.4. The highest BCUT2D eigenvalue weighted by Crippen LogP contribution is 2.44. The van der Waals surface area contributed by atoms with Crippen LogP contribution in [-0.2, 0) is 10.3 Å². The molecule has 1 aliphatic carbocycles. The quantitative estimate of drug-likeness (QED) is 0.912. The first-order chi connectivity index (χ1) is 8.48. The van der Waals surface area contributed by atoms with Gasteiger partial charge in [0, 0.05) is 18.0 Å². The van der Waals surface area contributed by atoms with Crippen molar-refractivity contribution in [2.24, 2.45) is 11.7 Å². The number of hydrogen-bond acceptors (Lipinski definition) is 4. The molecule has 1 saturated carbocycles. The van der Waals surface area contributed by atoms with Crippen LogP contribution in [0.1, 0.15) is 61.2 Å². The number of thiazole rings is 1. The highest BCUT2D eigenvalue weighted by Gasteiger charge is 2.39. The van der Waals surface area contributed by atoms with E-state index in [0.717, 1.165) is 29.5 Å². The zero-order chi connectivity index (χ0) is 13.3. The highest BCUT2D eigenvalue weighted by molar-refractivity contribution is 7.12. The molecule has 1 aromatic rings. The fourth-order valence-electron chi connectivity index (χ4n) is 2.76. The first-order valence-corrected chi connectivity index (χ1v) is 7.58.